The van der Waals surface area contributed by atoms with Crippen molar-refractivity contribution in [2.75, 3.05) is 11.9 Å². The fraction of sp³-hybridized carbons (Fsp3) is 0.286. The summed E-state index contributed by atoms with van der Waals surface area (Å²) < 4.78 is 7.75. The van der Waals surface area contributed by atoms with Crippen LogP contribution in [0.3, 0.4) is 0 Å². The highest BCUT2D eigenvalue weighted by Crippen LogP contribution is 2.17. The van der Waals surface area contributed by atoms with Crippen LogP contribution in [0.2, 0.25) is 0 Å². The molecule has 0 bridgehead atoms. The lowest BCUT2D eigenvalue weighted by Gasteiger charge is -2.10. The second-order valence-electron chi connectivity index (χ2n) is 4.76. The maximum atomic E-state index is 12.0. The lowest BCUT2D eigenvalue weighted by atomic mass is 10.3. The third kappa shape index (κ3) is 5.01. The van der Waals surface area contributed by atoms with Crippen LogP contribution in [0.1, 0.15) is 6.92 Å². The van der Waals surface area contributed by atoms with Crippen molar-refractivity contribution < 1.29 is 4.74 Å². The Morgan fingerprint density at radius 1 is 1.50 bits per heavy atom. The highest BCUT2D eigenvalue weighted by atomic mass is 79.9. The van der Waals surface area contributed by atoms with E-state index in [9.17, 15) is 4.79 Å². The zero-order chi connectivity index (χ0) is 15.4. The molecular weight excluding hydrogens is 372 g/mol. The molecule has 1 unspecified atom stereocenters. The van der Waals surface area contributed by atoms with Crippen molar-refractivity contribution in [1.29, 1.82) is 0 Å². The maximum Gasteiger partial charge on any atom is 0.274 e. The summed E-state index contributed by atoms with van der Waals surface area (Å²) in [6.07, 6.45) is 1.70. The van der Waals surface area contributed by atoms with Crippen molar-refractivity contribution in [2.45, 2.75) is 13.0 Å². The van der Waals surface area contributed by atoms with E-state index >= 15 is 0 Å². The van der Waals surface area contributed by atoms with Gasteiger partial charge in [0, 0.05) is 29.8 Å². The lowest BCUT2D eigenvalue weighted by Crippen LogP contribution is -2.24. The number of nitrogens with one attached hydrogen (secondary N) is 1. The number of rotatable bonds is 5. The minimum Gasteiger partial charge on any atom is -0.476 e. The van der Waals surface area contributed by atoms with E-state index in [1.54, 1.807) is 37.5 Å². The largest absolute Gasteiger partial charge is 0.476 e. The molecule has 0 spiro atoms. The Balaban J connectivity index is 0.00000242. The van der Waals surface area contributed by atoms with Gasteiger partial charge in [0.25, 0.3) is 5.56 Å². The maximum absolute atomic E-state index is 12.0. The number of anilines is 2. The molecule has 0 radical (unpaired) electrons. The number of aryl methyl sites for hydroxylation is 1. The molecule has 8 heteroatoms. The lowest BCUT2D eigenvalue weighted by molar-refractivity contribution is 0.286. The summed E-state index contributed by atoms with van der Waals surface area (Å²) in [6, 6.07) is 6.94. The van der Waals surface area contributed by atoms with E-state index in [0.29, 0.717) is 24.0 Å². The topological polar surface area (TPSA) is 82.2 Å². The highest BCUT2D eigenvalue weighted by Gasteiger charge is 2.06. The Hall–Kier alpha value is -1.57. The third-order valence-electron chi connectivity index (χ3n) is 2.63. The van der Waals surface area contributed by atoms with Crippen LogP contribution in [0, 0.1) is 0 Å². The van der Waals surface area contributed by atoms with Gasteiger partial charge in [-0.15, -0.1) is 12.4 Å². The molecule has 0 aliphatic rings. The van der Waals surface area contributed by atoms with Crippen LogP contribution in [-0.2, 0) is 7.05 Å². The van der Waals surface area contributed by atoms with E-state index in [4.69, 9.17) is 10.5 Å². The van der Waals surface area contributed by atoms with Gasteiger partial charge in [0.05, 0.1) is 0 Å². The number of ether oxygens (including phenoxy) is 1. The van der Waals surface area contributed by atoms with Gasteiger partial charge in [-0.05, 0) is 35.0 Å². The molecule has 3 N–H and O–H groups in total. The average molecular weight is 390 g/mol. The number of hydrogen-bond acceptors (Lipinski definition) is 5. The van der Waals surface area contributed by atoms with E-state index in [0.717, 1.165) is 4.47 Å². The van der Waals surface area contributed by atoms with Gasteiger partial charge in [0.15, 0.2) is 0 Å². The molecule has 0 aliphatic heterocycles. The Labute approximate surface area is 143 Å². The fourth-order valence-electron chi connectivity index (χ4n) is 1.68. The number of pyridine rings is 2. The summed E-state index contributed by atoms with van der Waals surface area (Å²) in [7, 11) is 1.69. The van der Waals surface area contributed by atoms with Gasteiger partial charge in [0.1, 0.15) is 18.1 Å². The minimum atomic E-state index is -0.137. The Morgan fingerprint density at radius 3 is 2.91 bits per heavy atom. The standard InChI is InChI=1S/C14H17BrN4O2.ClH/c1-9(16)8-21-13-5-3-4-12(18-13)17-11-6-10(15)7-19(2)14(11)20;/h3-7,9H,8,16H2,1-2H3,(H,17,18);1H. The molecule has 22 heavy (non-hydrogen) atoms. The molecule has 2 aromatic heterocycles. The minimum absolute atomic E-state index is 0. The molecule has 2 aromatic rings. The highest BCUT2D eigenvalue weighted by molar-refractivity contribution is 9.10. The molecule has 0 amide bonds. The van der Waals surface area contributed by atoms with Gasteiger partial charge in [-0.3, -0.25) is 4.79 Å². The second kappa shape index (κ2) is 8.17. The summed E-state index contributed by atoms with van der Waals surface area (Å²) in [5.74, 6) is 0.997. The van der Waals surface area contributed by atoms with Crippen LogP contribution < -0.4 is 21.3 Å². The Kier molecular flexibility index (Phi) is 6.86. The first-order chi connectivity index (χ1) is 9.95. The van der Waals surface area contributed by atoms with E-state index in [-0.39, 0.29) is 24.0 Å². The molecular formula is C14H18BrClN4O2. The number of hydrogen-bond donors (Lipinski definition) is 2. The molecule has 0 aliphatic carbocycles. The molecule has 0 fully saturated rings. The molecule has 2 heterocycles. The summed E-state index contributed by atoms with van der Waals surface area (Å²) in [4.78, 5) is 16.3. The summed E-state index contributed by atoms with van der Waals surface area (Å²) in [6.45, 7) is 2.24. The van der Waals surface area contributed by atoms with E-state index in [1.807, 2.05) is 6.92 Å². The Morgan fingerprint density at radius 2 is 2.23 bits per heavy atom. The van der Waals surface area contributed by atoms with Crippen molar-refractivity contribution >= 4 is 39.8 Å². The monoisotopic (exact) mass is 388 g/mol. The number of nitrogens with two attached hydrogens (primary N) is 1. The van der Waals surface area contributed by atoms with Crippen molar-refractivity contribution in [3.63, 3.8) is 0 Å². The second-order valence-corrected chi connectivity index (χ2v) is 5.68. The molecule has 0 saturated carbocycles. The summed E-state index contributed by atoms with van der Waals surface area (Å²) in [5, 5.41) is 3.00. The van der Waals surface area contributed by atoms with Crippen molar-refractivity contribution in [3.8, 4) is 5.88 Å². The van der Waals surface area contributed by atoms with Gasteiger partial charge >= 0.3 is 0 Å². The molecule has 120 valence electrons. The third-order valence-corrected chi connectivity index (χ3v) is 3.06. The number of nitrogens with zero attached hydrogens (tertiary/aromatic N) is 2. The predicted octanol–water partition coefficient (Wildman–Crippen LogP) is 2.43. The fourth-order valence-corrected chi connectivity index (χ4v) is 2.22. The first-order valence-corrected chi connectivity index (χ1v) is 7.23. The van der Waals surface area contributed by atoms with Gasteiger partial charge in [-0.1, -0.05) is 6.07 Å². The van der Waals surface area contributed by atoms with E-state index in [2.05, 4.69) is 26.2 Å². The van der Waals surface area contributed by atoms with E-state index < -0.39 is 0 Å². The van der Waals surface area contributed by atoms with Crippen LogP contribution in [0.15, 0.2) is 39.7 Å². The number of aromatic nitrogens is 2. The normalized spacial score (nSPS) is 11.5. The van der Waals surface area contributed by atoms with E-state index in [1.165, 1.54) is 4.57 Å². The van der Waals surface area contributed by atoms with Gasteiger partial charge < -0.3 is 20.4 Å². The quantitative estimate of drug-likeness (QED) is 0.821. The van der Waals surface area contributed by atoms with Crippen molar-refractivity contribution in [3.05, 3.63) is 45.3 Å². The smallest absolute Gasteiger partial charge is 0.274 e. The van der Waals surface area contributed by atoms with Crippen LogP contribution in [-0.4, -0.2) is 22.2 Å². The predicted molar refractivity (Wildman–Crippen MR) is 93.3 cm³/mol. The van der Waals surface area contributed by atoms with Gasteiger partial charge in [-0.25, -0.2) is 0 Å². The zero-order valence-corrected chi connectivity index (χ0v) is 14.6. The van der Waals surface area contributed by atoms with Gasteiger partial charge in [0.2, 0.25) is 5.88 Å². The molecule has 0 saturated heterocycles. The molecule has 1 atom stereocenters. The molecule has 6 nitrogen and oxygen atoms in total. The van der Waals surface area contributed by atoms with Crippen LogP contribution in [0.25, 0.3) is 0 Å². The first-order valence-electron chi connectivity index (χ1n) is 6.44. The summed E-state index contributed by atoms with van der Waals surface area (Å²) >= 11 is 3.36. The van der Waals surface area contributed by atoms with Crippen LogP contribution in [0.5, 0.6) is 5.88 Å². The SMILES string of the molecule is CC(N)COc1cccc(Nc2cc(Br)cn(C)c2=O)n1.Cl. The Bertz CT molecular complexity index is 691. The first kappa shape index (κ1) is 18.5. The van der Waals surface area contributed by atoms with Gasteiger partial charge in [-0.2, -0.15) is 4.98 Å². The number of halogens is 2. The van der Waals surface area contributed by atoms with Crippen LogP contribution >= 0.6 is 28.3 Å². The average Bonchev–Trinajstić information content (AvgIpc) is 2.42. The zero-order valence-electron chi connectivity index (χ0n) is 12.2. The molecule has 2 rings (SSSR count). The van der Waals surface area contributed by atoms with Crippen molar-refractivity contribution in [1.82, 2.24) is 9.55 Å². The van der Waals surface area contributed by atoms with Crippen molar-refractivity contribution in [2.24, 2.45) is 12.8 Å². The summed E-state index contributed by atoms with van der Waals surface area (Å²) in [5.41, 5.74) is 5.93. The van der Waals surface area contributed by atoms with Crippen LogP contribution in [0.4, 0.5) is 11.5 Å². The molecule has 0 aromatic carbocycles.